The number of nitrogens with one attached hydrogen (secondary N) is 2. The van der Waals surface area contributed by atoms with Gasteiger partial charge in [0.2, 0.25) is 0 Å². The molecule has 0 spiro atoms. The zero-order chi connectivity index (χ0) is 21.2. The van der Waals surface area contributed by atoms with E-state index in [2.05, 4.69) is 15.5 Å². The molecule has 0 aliphatic heterocycles. The molecule has 2 rings (SSSR count). The number of amides is 2. The molecular weight excluding hydrogens is 397 g/mol. The Balaban J connectivity index is 2.02. The van der Waals surface area contributed by atoms with E-state index in [0.29, 0.717) is 19.6 Å². The van der Waals surface area contributed by atoms with Crippen molar-refractivity contribution < 1.29 is 18.7 Å². The van der Waals surface area contributed by atoms with Gasteiger partial charge in [0.15, 0.2) is 0 Å². The van der Waals surface area contributed by atoms with Crippen LogP contribution in [-0.4, -0.2) is 50.6 Å². The fourth-order valence-electron chi connectivity index (χ4n) is 2.71. The summed E-state index contributed by atoms with van der Waals surface area (Å²) in [5.41, 5.74) is 0.775. The topological polar surface area (TPSA) is 70.7 Å². The van der Waals surface area contributed by atoms with Crippen molar-refractivity contribution in [1.29, 1.82) is 0 Å². The highest BCUT2D eigenvalue weighted by molar-refractivity contribution is 6.39. The number of carbonyl (C=O) groups excluding carboxylic acids is 2. The second-order valence-electron chi connectivity index (χ2n) is 6.60. The maximum absolute atomic E-state index is 13.9. The van der Waals surface area contributed by atoms with E-state index in [1.54, 1.807) is 7.11 Å². The zero-order valence-electron chi connectivity index (χ0n) is 16.5. The van der Waals surface area contributed by atoms with Gasteiger partial charge in [0.05, 0.1) is 18.3 Å². The second-order valence-corrected chi connectivity index (χ2v) is 7.04. The number of nitrogens with zero attached hydrogens (tertiary/aromatic N) is 1. The fraction of sp³-hybridized carbons (Fsp3) is 0.333. The number of carbonyl (C=O) groups is 2. The average molecular weight is 422 g/mol. The average Bonchev–Trinajstić information content (AvgIpc) is 2.71. The first-order valence-electron chi connectivity index (χ1n) is 9.20. The summed E-state index contributed by atoms with van der Waals surface area (Å²) in [6, 6.07) is 12.8. The van der Waals surface area contributed by atoms with E-state index in [1.165, 1.54) is 12.1 Å². The molecule has 2 aromatic rings. The van der Waals surface area contributed by atoms with Crippen LogP contribution in [0.4, 0.5) is 10.1 Å². The molecule has 1 atom stereocenters. The van der Waals surface area contributed by atoms with Gasteiger partial charge in [-0.25, -0.2) is 4.39 Å². The maximum Gasteiger partial charge on any atom is 0.313 e. The maximum atomic E-state index is 13.9. The number of halogens is 2. The van der Waals surface area contributed by atoms with E-state index in [9.17, 15) is 14.0 Å². The first kappa shape index (κ1) is 22.8. The zero-order valence-corrected chi connectivity index (χ0v) is 17.2. The number of rotatable bonds is 9. The largest absolute Gasteiger partial charge is 0.383 e. The van der Waals surface area contributed by atoms with Crippen LogP contribution in [0, 0.1) is 5.82 Å². The molecule has 0 aliphatic carbocycles. The minimum atomic E-state index is -0.945. The molecule has 0 heterocycles. The Morgan fingerprint density at radius 2 is 1.86 bits per heavy atom. The summed E-state index contributed by atoms with van der Waals surface area (Å²) in [7, 11) is 3.60. The van der Waals surface area contributed by atoms with Gasteiger partial charge in [-0.15, -0.1) is 0 Å². The fourth-order valence-corrected chi connectivity index (χ4v) is 2.87. The molecular formula is C21H25ClFN3O3. The summed E-state index contributed by atoms with van der Waals surface area (Å²) < 4.78 is 18.9. The van der Waals surface area contributed by atoms with Crippen LogP contribution in [-0.2, 0) is 14.3 Å². The summed E-state index contributed by atoms with van der Waals surface area (Å²) in [5.74, 6) is -2.49. The molecule has 6 nitrogen and oxygen atoms in total. The van der Waals surface area contributed by atoms with Crippen LogP contribution in [0.2, 0.25) is 5.02 Å². The Morgan fingerprint density at radius 3 is 2.52 bits per heavy atom. The predicted octanol–water partition coefficient (Wildman–Crippen LogP) is 3.24. The molecule has 2 amide bonds. The smallest absolute Gasteiger partial charge is 0.313 e. The third-order valence-corrected chi connectivity index (χ3v) is 4.60. The lowest BCUT2D eigenvalue weighted by Crippen LogP contribution is -2.39. The SMILES string of the molecule is COCCN(C)CC[C@H](NC(=O)C(=O)Nc1ccc(Cl)cc1F)c1ccccc1. The minimum absolute atomic E-state index is 0.106. The van der Waals surface area contributed by atoms with Crippen LogP contribution in [0.1, 0.15) is 18.0 Å². The van der Waals surface area contributed by atoms with Crippen LogP contribution >= 0.6 is 11.6 Å². The van der Waals surface area contributed by atoms with Gasteiger partial charge in [0, 0.05) is 25.2 Å². The summed E-state index contributed by atoms with van der Waals surface area (Å²) in [6.07, 6.45) is 0.596. The molecule has 29 heavy (non-hydrogen) atoms. The Kier molecular flexibility index (Phi) is 9.05. The van der Waals surface area contributed by atoms with E-state index in [0.717, 1.165) is 18.2 Å². The van der Waals surface area contributed by atoms with E-state index < -0.39 is 17.6 Å². The van der Waals surface area contributed by atoms with Crippen LogP contribution in [0.5, 0.6) is 0 Å². The number of methoxy groups -OCH3 is 1. The number of hydrogen-bond donors (Lipinski definition) is 2. The summed E-state index contributed by atoms with van der Waals surface area (Å²) in [5, 5.41) is 5.21. The number of ether oxygens (including phenoxy) is 1. The molecule has 2 N–H and O–H groups in total. The van der Waals surface area contributed by atoms with Gasteiger partial charge in [-0.05, 0) is 37.2 Å². The van der Waals surface area contributed by atoms with Crippen LogP contribution in [0.15, 0.2) is 48.5 Å². The van der Waals surface area contributed by atoms with Crippen LogP contribution in [0.3, 0.4) is 0 Å². The molecule has 156 valence electrons. The van der Waals surface area contributed by atoms with Crippen molar-refractivity contribution in [3.63, 3.8) is 0 Å². The first-order chi connectivity index (χ1) is 13.9. The number of benzene rings is 2. The molecule has 0 saturated heterocycles. The van der Waals surface area contributed by atoms with Crippen molar-refractivity contribution in [1.82, 2.24) is 10.2 Å². The summed E-state index contributed by atoms with van der Waals surface area (Å²) in [4.78, 5) is 26.7. The van der Waals surface area contributed by atoms with E-state index in [-0.39, 0.29) is 16.8 Å². The number of hydrogen-bond acceptors (Lipinski definition) is 4. The first-order valence-corrected chi connectivity index (χ1v) is 9.58. The minimum Gasteiger partial charge on any atom is -0.383 e. The van der Waals surface area contributed by atoms with Crippen molar-refractivity contribution in [3.8, 4) is 0 Å². The number of anilines is 1. The van der Waals surface area contributed by atoms with Gasteiger partial charge in [-0.2, -0.15) is 0 Å². The molecule has 0 aromatic heterocycles. The van der Waals surface area contributed by atoms with E-state index in [1.807, 2.05) is 37.4 Å². The van der Waals surface area contributed by atoms with Gasteiger partial charge >= 0.3 is 11.8 Å². The van der Waals surface area contributed by atoms with Crippen LogP contribution in [0.25, 0.3) is 0 Å². The standard InChI is InChI=1S/C21H25ClFN3O3/c1-26(12-13-29-2)11-10-18(15-6-4-3-5-7-15)24-20(27)21(28)25-19-9-8-16(22)14-17(19)23/h3-9,14,18H,10-13H2,1-2H3,(H,24,27)(H,25,28)/t18-/m0/s1. The quantitative estimate of drug-likeness (QED) is 0.610. The highest BCUT2D eigenvalue weighted by Gasteiger charge is 2.21. The molecule has 2 aromatic carbocycles. The molecule has 0 fully saturated rings. The van der Waals surface area contributed by atoms with E-state index >= 15 is 0 Å². The summed E-state index contributed by atoms with van der Waals surface area (Å²) >= 11 is 5.70. The second kappa shape index (κ2) is 11.5. The summed E-state index contributed by atoms with van der Waals surface area (Å²) in [6.45, 7) is 2.05. The van der Waals surface area contributed by atoms with Crippen molar-refractivity contribution in [2.45, 2.75) is 12.5 Å². The van der Waals surface area contributed by atoms with Crippen LogP contribution < -0.4 is 10.6 Å². The molecule has 0 unspecified atom stereocenters. The lowest BCUT2D eigenvalue weighted by molar-refractivity contribution is -0.136. The Labute approximate surface area is 175 Å². The highest BCUT2D eigenvalue weighted by atomic mass is 35.5. The highest BCUT2D eigenvalue weighted by Crippen LogP contribution is 2.20. The lowest BCUT2D eigenvalue weighted by atomic mass is 10.0. The van der Waals surface area contributed by atoms with Crippen molar-refractivity contribution in [2.75, 3.05) is 39.2 Å². The third kappa shape index (κ3) is 7.45. The molecule has 0 aliphatic rings. The van der Waals surface area contributed by atoms with Crippen molar-refractivity contribution in [3.05, 3.63) is 64.9 Å². The Hall–Kier alpha value is -2.48. The monoisotopic (exact) mass is 421 g/mol. The molecule has 8 heteroatoms. The molecule has 0 bridgehead atoms. The van der Waals surface area contributed by atoms with Gasteiger partial charge in [0.1, 0.15) is 5.82 Å². The molecule has 0 saturated carbocycles. The number of likely N-dealkylation sites (N-methyl/N-ethyl adjacent to an activating group) is 1. The van der Waals surface area contributed by atoms with Crippen molar-refractivity contribution >= 4 is 29.1 Å². The van der Waals surface area contributed by atoms with Crippen molar-refractivity contribution in [2.24, 2.45) is 0 Å². The van der Waals surface area contributed by atoms with Gasteiger partial charge in [-0.3, -0.25) is 9.59 Å². The Bertz CT molecular complexity index is 820. The Morgan fingerprint density at radius 1 is 1.14 bits per heavy atom. The normalized spacial score (nSPS) is 11.9. The van der Waals surface area contributed by atoms with E-state index in [4.69, 9.17) is 16.3 Å². The lowest BCUT2D eigenvalue weighted by Gasteiger charge is -2.23. The predicted molar refractivity (Wildman–Crippen MR) is 111 cm³/mol. The molecule has 0 radical (unpaired) electrons. The third-order valence-electron chi connectivity index (χ3n) is 4.37. The van der Waals surface area contributed by atoms with Gasteiger partial charge < -0.3 is 20.3 Å². The van der Waals surface area contributed by atoms with Gasteiger partial charge in [0.25, 0.3) is 0 Å². The van der Waals surface area contributed by atoms with Gasteiger partial charge in [-0.1, -0.05) is 41.9 Å².